The molecule has 0 bridgehead atoms. The molecule has 0 saturated heterocycles. The zero-order valence-electron chi connectivity index (χ0n) is 10.6. The van der Waals surface area contributed by atoms with E-state index in [9.17, 15) is 4.39 Å². The summed E-state index contributed by atoms with van der Waals surface area (Å²) >= 11 is 2.16. The largest absolute Gasteiger partial charge is 0.383 e. The summed E-state index contributed by atoms with van der Waals surface area (Å²) in [7, 11) is 1.70. The van der Waals surface area contributed by atoms with E-state index in [1.54, 1.807) is 13.2 Å². The third kappa shape index (κ3) is 6.63. The third-order valence-electron chi connectivity index (χ3n) is 2.52. The first-order chi connectivity index (χ1) is 8.74. The van der Waals surface area contributed by atoms with Crippen LogP contribution in [-0.4, -0.2) is 33.4 Å². The fourth-order valence-electron chi connectivity index (χ4n) is 1.53. The summed E-state index contributed by atoms with van der Waals surface area (Å²) in [6.45, 7) is 4.37. The molecule has 3 nitrogen and oxygen atoms in total. The summed E-state index contributed by atoms with van der Waals surface area (Å²) in [6, 6.07) is 4.90. The number of nitrogens with one attached hydrogen (secondary N) is 2. The molecule has 1 rings (SSSR count). The molecular formula is C13H20FIN2O. The van der Waals surface area contributed by atoms with Gasteiger partial charge in [-0.25, -0.2) is 4.39 Å². The standard InChI is InChI=1S/C13H20FIN2O/c1-18-8-7-16-5-2-6-17-10-11-3-4-12(14)9-13(11)15/h3-4,9,16-17H,2,5-8,10H2,1H3. The Balaban J connectivity index is 2.07. The summed E-state index contributed by atoms with van der Waals surface area (Å²) in [4.78, 5) is 0. The van der Waals surface area contributed by atoms with Gasteiger partial charge in [-0.2, -0.15) is 0 Å². The molecule has 0 aliphatic heterocycles. The second-order valence-corrected chi connectivity index (χ2v) is 5.17. The van der Waals surface area contributed by atoms with E-state index >= 15 is 0 Å². The van der Waals surface area contributed by atoms with Crippen molar-refractivity contribution in [2.75, 3.05) is 33.4 Å². The highest BCUT2D eigenvalue weighted by Gasteiger charge is 2.00. The Morgan fingerprint density at radius 2 is 2.00 bits per heavy atom. The highest BCUT2D eigenvalue weighted by atomic mass is 127. The van der Waals surface area contributed by atoms with Gasteiger partial charge in [-0.1, -0.05) is 6.07 Å². The lowest BCUT2D eigenvalue weighted by molar-refractivity contribution is 0.199. The summed E-state index contributed by atoms with van der Waals surface area (Å²) in [6.07, 6.45) is 1.07. The molecule has 5 heteroatoms. The Morgan fingerprint density at radius 1 is 1.22 bits per heavy atom. The van der Waals surface area contributed by atoms with Crippen LogP contribution in [0.3, 0.4) is 0 Å². The Labute approximate surface area is 122 Å². The minimum Gasteiger partial charge on any atom is -0.383 e. The first kappa shape index (κ1) is 15.8. The van der Waals surface area contributed by atoms with Gasteiger partial charge in [0.15, 0.2) is 0 Å². The summed E-state index contributed by atoms with van der Waals surface area (Å²) in [5.74, 6) is -0.175. The molecule has 0 saturated carbocycles. The number of hydrogen-bond acceptors (Lipinski definition) is 3. The predicted octanol–water partition coefficient (Wildman–Crippen LogP) is 2.15. The predicted molar refractivity (Wildman–Crippen MR) is 80.2 cm³/mol. The second-order valence-electron chi connectivity index (χ2n) is 4.01. The molecule has 1 aromatic carbocycles. The van der Waals surface area contributed by atoms with Gasteiger partial charge in [0.05, 0.1) is 6.61 Å². The van der Waals surface area contributed by atoms with Crippen LogP contribution in [0.25, 0.3) is 0 Å². The fraction of sp³-hybridized carbons (Fsp3) is 0.538. The van der Waals surface area contributed by atoms with E-state index in [4.69, 9.17) is 4.74 Å². The number of rotatable bonds is 9. The van der Waals surface area contributed by atoms with E-state index in [1.165, 1.54) is 6.07 Å². The molecule has 0 amide bonds. The van der Waals surface area contributed by atoms with Gasteiger partial charge in [0, 0.05) is 23.8 Å². The average Bonchev–Trinajstić information content (AvgIpc) is 2.35. The highest BCUT2D eigenvalue weighted by molar-refractivity contribution is 14.1. The van der Waals surface area contributed by atoms with Crippen molar-refractivity contribution in [3.8, 4) is 0 Å². The zero-order valence-corrected chi connectivity index (χ0v) is 12.8. The smallest absolute Gasteiger partial charge is 0.124 e. The fourth-order valence-corrected chi connectivity index (χ4v) is 2.19. The molecule has 0 unspecified atom stereocenters. The van der Waals surface area contributed by atoms with Gasteiger partial charge in [-0.3, -0.25) is 0 Å². The van der Waals surface area contributed by atoms with Crippen LogP contribution in [0.1, 0.15) is 12.0 Å². The van der Waals surface area contributed by atoms with Gasteiger partial charge in [0.2, 0.25) is 0 Å². The highest BCUT2D eigenvalue weighted by Crippen LogP contribution is 2.13. The molecule has 102 valence electrons. The average molecular weight is 366 g/mol. The minimum absolute atomic E-state index is 0.175. The molecular weight excluding hydrogens is 346 g/mol. The Kier molecular flexibility index (Phi) is 8.49. The molecule has 0 atom stereocenters. The van der Waals surface area contributed by atoms with Crippen molar-refractivity contribution in [2.24, 2.45) is 0 Å². The van der Waals surface area contributed by atoms with Gasteiger partial charge >= 0.3 is 0 Å². The van der Waals surface area contributed by atoms with Crippen LogP contribution in [0.4, 0.5) is 4.39 Å². The number of ether oxygens (including phenoxy) is 1. The van der Waals surface area contributed by atoms with Gasteiger partial charge in [0.25, 0.3) is 0 Å². The summed E-state index contributed by atoms with van der Waals surface area (Å²) in [5, 5.41) is 6.64. The monoisotopic (exact) mass is 366 g/mol. The molecule has 2 N–H and O–H groups in total. The number of methoxy groups -OCH3 is 1. The quantitative estimate of drug-likeness (QED) is 0.519. The van der Waals surface area contributed by atoms with Gasteiger partial charge < -0.3 is 15.4 Å². The number of hydrogen-bond donors (Lipinski definition) is 2. The van der Waals surface area contributed by atoms with Crippen molar-refractivity contribution in [1.82, 2.24) is 10.6 Å². The van der Waals surface area contributed by atoms with Crippen LogP contribution >= 0.6 is 22.6 Å². The van der Waals surface area contributed by atoms with Crippen LogP contribution in [0.5, 0.6) is 0 Å². The molecule has 0 radical (unpaired) electrons. The molecule has 0 aliphatic rings. The van der Waals surface area contributed by atoms with Crippen LogP contribution < -0.4 is 10.6 Å². The number of benzene rings is 1. The van der Waals surface area contributed by atoms with E-state index < -0.39 is 0 Å². The maximum absolute atomic E-state index is 12.9. The maximum Gasteiger partial charge on any atom is 0.124 e. The van der Waals surface area contributed by atoms with Gasteiger partial charge in [-0.15, -0.1) is 0 Å². The van der Waals surface area contributed by atoms with E-state index in [-0.39, 0.29) is 5.82 Å². The molecule has 0 aromatic heterocycles. The van der Waals surface area contributed by atoms with Crippen molar-refractivity contribution in [3.05, 3.63) is 33.1 Å². The molecule has 18 heavy (non-hydrogen) atoms. The lowest BCUT2D eigenvalue weighted by Gasteiger charge is -2.07. The van der Waals surface area contributed by atoms with Crippen molar-refractivity contribution >= 4 is 22.6 Å². The van der Waals surface area contributed by atoms with Crippen LogP contribution in [0.2, 0.25) is 0 Å². The summed E-state index contributed by atoms with van der Waals surface area (Å²) in [5.41, 5.74) is 1.14. The maximum atomic E-state index is 12.9. The first-order valence-corrected chi connectivity index (χ1v) is 7.16. The topological polar surface area (TPSA) is 33.3 Å². The van der Waals surface area contributed by atoms with Crippen molar-refractivity contribution in [3.63, 3.8) is 0 Å². The van der Waals surface area contributed by atoms with Crippen molar-refractivity contribution in [2.45, 2.75) is 13.0 Å². The Morgan fingerprint density at radius 3 is 2.72 bits per heavy atom. The Hall–Kier alpha value is -0.240. The lowest BCUT2D eigenvalue weighted by Crippen LogP contribution is -2.24. The van der Waals surface area contributed by atoms with Crippen molar-refractivity contribution in [1.29, 1.82) is 0 Å². The van der Waals surface area contributed by atoms with Gasteiger partial charge in [-0.05, 0) is 59.8 Å². The van der Waals surface area contributed by atoms with E-state index in [1.807, 2.05) is 6.07 Å². The van der Waals surface area contributed by atoms with Gasteiger partial charge in [0.1, 0.15) is 5.82 Å². The SMILES string of the molecule is COCCNCCCNCc1ccc(F)cc1I. The first-order valence-electron chi connectivity index (χ1n) is 6.08. The Bertz CT molecular complexity index is 350. The zero-order chi connectivity index (χ0) is 13.2. The normalized spacial score (nSPS) is 10.8. The van der Waals surface area contributed by atoms with Crippen LogP contribution in [-0.2, 0) is 11.3 Å². The van der Waals surface area contributed by atoms with Crippen molar-refractivity contribution < 1.29 is 9.13 Å². The molecule has 0 heterocycles. The molecule has 1 aromatic rings. The van der Waals surface area contributed by atoms with E-state index in [0.29, 0.717) is 0 Å². The minimum atomic E-state index is -0.175. The molecule has 0 fully saturated rings. The number of halogens is 2. The second kappa shape index (κ2) is 9.66. The third-order valence-corrected chi connectivity index (χ3v) is 3.52. The summed E-state index contributed by atoms with van der Waals surface area (Å²) < 4.78 is 18.8. The molecule has 0 spiro atoms. The van der Waals surface area contributed by atoms with Crippen LogP contribution in [0, 0.1) is 9.39 Å². The van der Waals surface area contributed by atoms with E-state index in [2.05, 4.69) is 33.2 Å². The lowest BCUT2D eigenvalue weighted by atomic mass is 10.2. The molecule has 0 aliphatic carbocycles. The van der Waals surface area contributed by atoms with Crippen LogP contribution in [0.15, 0.2) is 18.2 Å². The van der Waals surface area contributed by atoms with E-state index in [0.717, 1.165) is 48.3 Å².